The van der Waals surface area contributed by atoms with Crippen LogP contribution in [0.2, 0.25) is 5.02 Å². The van der Waals surface area contributed by atoms with E-state index in [1.54, 1.807) is 30.3 Å². The predicted molar refractivity (Wildman–Crippen MR) is 87.3 cm³/mol. The number of anilines is 1. The predicted octanol–water partition coefficient (Wildman–Crippen LogP) is 1.52. The number of aromatic nitrogens is 3. The minimum Gasteiger partial charge on any atom is -0.384 e. The highest BCUT2D eigenvalue weighted by Crippen LogP contribution is 2.20. The van der Waals surface area contributed by atoms with Crippen molar-refractivity contribution in [3.05, 3.63) is 57.7 Å². The standard InChI is InChI=1S/C15H14ClN5O/c16-10-2-1-3-11-14(10)15(22)21(13(20-11)6-7-17)9-4-5-12(18)19-8-9/h1-5,8H,6-7,17H2,(H2,18,19). The van der Waals surface area contributed by atoms with Gasteiger partial charge in [-0.05, 0) is 30.8 Å². The first-order chi connectivity index (χ1) is 10.6. The molecule has 22 heavy (non-hydrogen) atoms. The molecule has 0 amide bonds. The number of nitrogens with zero attached hydrogens (tertiary/aromatic N) is 3. The second-order valence-corrected chi connectivity index (χ2v) is 5.19. The van der Waals surface area contributed by atoms with Crippen molar-refractivity contribution in [2.45, 2.75) is 6.42 Å². The second kappa shape index (κ2) is 5.75. The van der Waals surface area contributed by atoms with Gasteiger partial charge in [-0.1, -0.05) is 17.7 Å². The fourth-order valence-corrected chi connectivity index (χ4v) is 2.58. The van der Waals surface area contributed by atoms with Crippen molar-refractivity contribution in [1.82, 2.24) is 14.5 Å². The van der Waals surface area contributed by atoms with E-state index in [-0.39, 0.29) is 5.56 Å². The van der Waals surface area contributed by atoms with E-state index < -0.39 is 0 Å². The number of pyridine rings is 1. The molecule has 0 aliphatic carbocycles. The highest BCUT2D eigenvalue weighted by atomic mass is 35.5. The van der Waals surface area contributed by atoms with Crippen LogP contribution in [-0.4, -0.2) is 21.1 Å². The lowest BCUT2D eigenvalue weighted by Gasteiger charge is -2.13. The molecule has 3 rings (SSSR count). The lowest BCUT2D eigenvalue weighted by molar-refractivity contribution is 0.794. The topological polar surface area (TPSA) is 99.8 Å². The molecule has 0 spiro atoms. The number of hydrogen-bond acceptors (Lipinski definition) is 5. The average molecular weight is 316 g/mol. The Bertz CT molecular complexity index is 889. The quantitative estimate of drug-likeness (QED) is 0.763. The summed E-state index contributed by atoms with van der Waals surface area (Å²) in [5, 5.41) is 0.744. The number of rotatable bonds is 3. The van der Waals surface area contributed by atoms with Gasteiger partial charge in [-0.25, -0.2) is 9.97 Å². The fourth-order valence-electron chi connectivity index (χ4n) is 2.33. The Balaban J connectivity index is 2.38. The molecule has 3 aromatic rings. The zero-order valence-electron chi connectivity index (χ0n) is 11.7. The summed E-state index contributed by atoms with van der Waals surface area (Å²) in [5.74, 6) is 0.942. The molecule has 0 unspecified atom stereocenters. The molecule has 0 saturated heterocycles. The van der Waals surface area contributed by atoms with Crippen LogP contribution >= 0.6 is 11.6 Å². The van der Waals surface area contributed by atoms with Crippen LogP contribution in [0.25, 0.3) is 16.6 Å². The molecule has 0 saturated carbocycles. The van der Waals surface area contributed by atoms with Crippen molar-refractivity contribution in [3.63, 3.8) is 0 Å². The Labute approximate surface area is 131 Å². The van der Waals surface area contributed by atoms with Crippen molar-refractivity contribution < 1.29 is 0 Å². The van der Waals surface area contributed by atoms with Gasteiger partial charge in [-0.3, -0.25) is 9.36 Å². The summed E-state index contributed by atoms with van der Waals surface area (Å²) < 4.78 is 1.48. The van der Waals surface area contributed by atoms with Crippen molar-refractivity contribution in [2.24, 2.45) is 5.73 Å². The second-order valence-electron chi connectivity index (χ2n) is 4.78. The number of nitrogens with two attached hydrogens (primary N) is 2. The number of fused-ring (bicyclic) bond motifs is 1. The normalized spacial score (nSPS) is 11.0. The molecule has 0 atom stereocenters. The largest absolute Gasteiger partial charge is 0.384 e. The van der Waals surface area contributed by atoms with E-state index in [0.29, 0.717) is 46.2 Å². The van der Waals surface area contributed by atoms with E-state index in [2.05, 4.69) is 9.97 Å². The fraction of sp³-hybridized carbons (Fsp3) is 0.133. The third-order valence-corrected chi connectivity index (χ3v) is 3.63. The highest BCUT2D eigenvalue weighted by Gasteiger charge is 2.14. The van der Waals surface area contributed by atoms with Crippen LogP contribution in [-0.2, 0) is 6.42 Å². The maximum Gasteiger partial charge on any atom is 0.267 e. The molecule has 2 aromatic heterocycles. The van der Waals surface area contributed by atoms with Crippen molar-refractivity contribution in [1.29, 1.82) is 0 Å². The molecule has 4 N–H and O–H groups in total. The summed E-state index contributed by atoms with van der Waals surface area (Å²) in [6, 6.07) is 8.53. The van der Waals surface area contributed by atoms with E-state index in [9.17, 15) is 4.79 Å². The van der Waals surface area contributed by atoms with Gasteiger partial charge in [-0.2, -0.15) is 0 Å². The van der Waals surface area contributed by atoms with E-state index >= 15 is 0 Å². The van der Waals surface area contributed by atoms with Crippen LogP contribution in [0.15, 0.2) is 41.3 Å². The van der Waals surface area contributed by atoms with E-state index in [1.165, 1.54) is 10.8 Å². The summed E-state index contributed by atoms with van der Waals surface area (Å²) >= 11 is 6.16. The molecule has 0 radical (unpaired) electrons. The SMILES string of the molecule is NCCc1nc2cccc(Cl)c2c(=O)n1-c1ccc(N)nc1. The first-order valence-corrected chi connectivity index (χ1v) is 7.11. The van der Waals surface area contributed by atoms with E-state index in [0.717, 1.165) is 0 Å². The molecule has 0 bridgehead atoms. The van der Waals surface area contributed by atoms with Crippen LogP contribution in [0.3, 0.4) is 0 Å². The summed E-state index contributed by atoms with van der Waals surface area (Å²) in [6.07, 6.45) is 1.99. The molecule has 112 valence electrons. The Morgan fingerprint density at radius 3 is 2.73 bits per heavy atom. The smallest absolute Gasteiger partial charge is 0.267 e. The highest BCUT2D eigenvalue weighted by molar-refractivity contribution is 6.35. The van der Waals surface area contributed by atoms with Crippen molar-refractivity contribution in [2.75, 3.05) is 12.3 Å². The first-order valence-electron chi connectivity index (χ1n) is 6.74. The molecule has 0 aliphatic rings. The maximum atomic E-state index is 12.9. The molecular formula is C15H14ClN5O. The third-order valence-electron chi connectivity index (χ3n) is 3.31. The molecule has 0 fully saturated rings. The number of halogens is 1. The summed E-state index contributed by atoms with van der Waals surface area (Å²) in [7, 11) is 0. The molecule has 0 aliphatic heterocycles. The van der Waals surface area contributed by atoms with Gasteiger partial charge in [0, 0.05) is 6.42 Å². The van der Waals surface area contributed by atoms with Gasteiger partial charge in [0.15, 0.2) is 0 Å². The summed E-state index contributed by atoms with van der Waals surface area (Å²) in [5.41, 5.74) is 12.1. The zero-order chi connectivity index (χ0) is 15.7. The van der Waals surface area contributed by atoms with E-state index in [1.807, 2.05) is 0 Å². The van der Waals surface area contributed by atoms with Crippen molar-refractivity contribution in [3.8, 4) is 5.69 Å². The number of hydrogen-bond donors (Lipinski definition) is 2. The lowest BCUT2D eigenvalue weighted by Crippen LogP contribution is -2.25. The van der Waals surface area contributed by atoms with Gasteiger partial charge in [0.05, 0.1) is 27.8 Å². The van der Waals surface area contributed by atoms with Gasteiger partial charge in [0.1, 0.15) is 11.6 Å². The Kier molecular flexibility index (Phi) is 3.79. The summed E-state index contributed by atoms with van der Waals surface area (Å²) in [4.78, 5) is 21.4. The van der Waals surface area contributed by atoms with Crippen LogP contribution in [0.1, 0.15) is 5.82 Å². The first kappa shape index (κ1) is 14.5. The lowest BCUT2D eigenvalue weighted by atomic mass is 10.2. The van der Waals surface area contributed by atoms with Gasteiger partial charge in [-0.15, -0.1) is 0 Å². The third kappa shape index (κ3) is 2.43. The van der Waals surface area contributed by atoms with Crippen molar-refractivity contribution >= 4 is 28.3 Å². The zero-order valence-corrected chi connectivity index (χ0v) is 12.4. The molecule has 6 nitrogen and oxygen atoms in total. The molecular weight excluding hydrogens is 302 g/mol. The van der Waals surface area contributed by atoms with Crippen LogP contribution in [0.5, 0.6) is 0 Å². The van der Waals surface area contributed by atoms with Crippen LogP contribution in [0, 0.1) is 0 Å². The Morgan fingerprint density at radius 1 is 1.23 bits per heavy atom. The van der Waals surface area contributed by atoms with Gasteiger partial charge in [0.2, 0.25) is 0 Å². The molecule has 1 aromatic carbocycles. The Hall–Kier alpha value is -2.44. The van der Waals surface area contributed by atoms with Gasteiger partial charge < -0.3 is 11.5 Å². The molecule has 2 heterocycles. The average Bonchev–Trinajstić information content (AvgIpc) is 2.49. The van der Waals surface area contributed by atoms with E-state index in [4.69, 9.17) is 23.1 Å². The Morgan fingerprint density at radius 2 is 2.05 bits per heavy atom. The van der Waals surface area contributed by atoms with Crippen LogP contribution < -0.4 is 17.0 Å². The maximum absolute atomic E-state index is 12.9. The summed E-state index contributed by atoms with van der Waals surface area (Å²) in [6.45, 7) is 0.376. The van der Waals surface area contributed by atoms with Gasteiger partial charge in [0.25, 0.3) is 5.56 Å². The monoisotopic (exact) mass is 315 g/mol. The minimum absolute atomic E-state index is 0.245. The van der Waals surface area contributed by atoms with Gasteiger partial charge >= 0.3 is 0 Å². The number of nitrogen functional groups attached to an aromatic ring is 1. The minimum atomic E-state index is -0.245. The molecule has 7 heteroatoms. The number of benzene rings is 1. The van der Waals surface area contributed by atoms with Crippen LogP contribution in [0.4, 0.5) is 5.82 Å².